The van der Waals surface area contributed by atoms with Crippen LogP contribution in [-0.4, -0.2) is 45.8 Å². The summed E-state index contributed by atoms with van der Waals surface area (Å²) in [6.07, 6.45) is 0. The zero-order chi connectivity index (χ0) is 20.0. The number of methoxy groups -OCH3 is 2. The van der Waals surface area contributed by atoms with E-state index in [-0.39, 0.29) is 11.3 Å². The molecule has 0 aromatic heterocycles. The van der Waals surface area contributed by atoms with Gasteiger partial charge in [-0.3, -0.25) is 9.59 Å². The molecule has 0 fully saturated rings. The molecule has 1 amide bonds. The minimum atomic E-state index is -3.95. The Balaban J connectivity index is 2.05. The van der Waals surface area contributed by atoms with E-state index in [1.165, 1.54) is 32.4 Å². The molecular formula is C19H21NO6S. The van der Waals surface area contributed by atoms with Gasteiger partial charge in [-0.1, -0.05) is 17.7 Å². The van der Waals surface area contributed by atoms with Crippen molar-refractivity contribution in [2.75, 3.05) is 31.0 Å². The number of carbonyl (C=O) groups is 2. The van der Waals surface area contributed by atoms with Crippen LogP contribution in [0.15, 0.2) is 42.5 Å². The summed E-state index contributed by atoms with van der Waals surface area (Å²) in [6, 6.07) is 11.4. The van der Waals surface area contributed by atoms with E-state index in [0.717, 1.165) is 5.56 Å². The Bertz CT molecular complexity index is 935. The van der Waals surface area contributed by atoms with Gasteiger partial charge < -0.3 is 14.8 Å². The first kappa shape index (κ1) is 20.4. The fourth-order valence-electron chi connectivity index (χ4n) is 2.39. The monoisotopic (exact) mass is 391 g/mol. The molecule has 0 saturated carbocycles. The number of anilines is 1. The Labute approximate surface area is 158 Å². The van der Waals surface area contributed by atoms with Crippen LogP contribution in [0.2, 0.25) is 0 Å². The van der Waals surface area contributed by atoms with E-state index in [0.29, 0.717) is 11.4 Å². The highest BCUT2D eigenvalue weighted by atomic mass is 32.2. The van der Waals surface area contributed by atoms with Crippen LogP contribution in [0.4, 0.5) is 5.69 Å². The maximum absolute atomic E-state index is 12.4. The summed E-state index contributed by atoms with van der Waals surface area (Å²) in [4.78, 5) is 24.4. The number of amides is 1. The first-order chi connectivity index (χ1) is 12.7. The lowest BCUT2D eigenvalue weighted by molar-refractivity contribution is -0.113. The Kier molecular flexibility index (Phi) is 6.57. The molecule has 2 rings (SSSR count). The van der Waals surface area contributed by atoms with Crippen molar-refractivity contribution < 1.29 is 27.5 Å². The highest BCUT2D eigenvalue weighted by Gasteiger charge is 2.24. The minimum absolute atomic E-state index is 0.112. The molecule has 0 unspecified atom stereocenters. The summed E-state index contributed by atoms with van der Waals surface area (Å²) in [7, 11) is -1.11. The van der Waals surface area contributed by atoms with Gasteiger partial charge in [0.1, 0.15) is 23.0 Å². The van der Waals surface area contributed by atoms with E-state index >= 15 is 0 Å². The third-order valence-corrected chi connectivity index (χ3v) is 5.15. The van der Waals surface area contributed by atoms with Crippen LogP contribution in [-0.2, 0) is 14.6 Å². The number of rotatable bonds is 8. The molecule has 0 spiro atoms. The molecule has 0 bridgehead atoms. The van der Waals surface area contributed by atoms with Gasteiger partial charge in [-0.25, -0.2) is 8.42 Å². The summed E-state index contributed by atoms with van der Waals surface area (Å²) < 4.78 is 34.7. The van der Waals surface area contributed by atoms with Crippen molar-refractivity contribution in [3.05, 3.63) is 53.6 Å². The highest BCUT2D eigenvalue weighted by molar-refractivity contribution is 7.92. The second-order valence-corrected chi connectivity index (χ2v) is 8.00. The average Bonchev–Trinajstić information content (AvgIpc) is 2.62. The average molecular weight is 391 g/mol. The van der Waals surface area contributed by atoms with Gasteiger partial charge in [-0.05, 0) is 31.2 Å². The standard InChI is InChI=1S/C19H21NO6S/c1-13-4-6-14(7-5-13)20-19(22)12-27(23,24)11-17(21)16-9-8-15(25-2)10-18(16)26-3/h4-10H,11-12H2,1-3H3,(H,20,22). The molecule has 27 heavy (non-hydrogen) atoms. The first-order valence-corrected chi connectivity index (χ1v) is 9.88. The number of benzene rings is 2. The first-order valence-electron chi connectivity index (χ1n) is 8.06. The zero-order valence-electron chi connectivity index (χ0n) is 15.3. The summed E-state index contributed by atoms with van der Waals surface area (Å²) in [6.45, 7) is 1.90. The van der Waals surface area contributed by atoms with Crippen LogP contribution in [0, 0.1) is 6.92 Å². The van der Waals surface area contributed by atoms with Crippen LogP contribution in [0.1, 0.15) is 15.9 Å². The molecule has 0 aliphatic rings. The minimum Gasteiger partial charge on any atom is -0.497 e. The molecular weight excluding hydrogens is 370 g/mol. The molecule has 8 heteroatoms. The lowest BCUT2D eigenvalue weighted by Gasteiger charge is -2.10. The van der Waals surface area contributed by atoms with Gasteiger partial charge in [0, 0.05) is 11.8 Å². The van der Waals surface area contributed by atoms with Crippen molar-refractivity contribution in [2.24, 2.45) is 0 Å². The van der Waals surface area contributed by atoms with E-state index in [4.69, 9.17) is 9.47 Å². The third kappa shape index (κ3) is 5.82. The number of sulfone groups is 1. The van der Waals surface area contributed by atoms with Crippen molar-refractivity contribution in [1.29, 1.82) is 0 Å². The largest absolute Gasteiger partial charge is 0.497 e. The number of hydrogen-bond acceptors (Lipinski definition) is 6. The normalized spacial score (nSPS) is 10.9. The Morgan fingerprint density at radius 1 is 0.963 bits per heavy atom. The molecule has 0 heterocycles. The van der Waals surface area contributed by atoms with Gasteiger partial charge in [0.2, 0.25) is 5.91 Å². The fourth-order valence-corrected chi connectivity index (χ4v) is 3.52. The summed E-state index contributed by atoms with van der Waals surface area (Å²) in [5.74, 6) is -2.25. The van der Waals surface area contributed by atoms with E-state index in [2.05, 4.69) is 5.32 Å². The molecule has 0 atom stereocenters. The van der Waals surface area contributed by atoms with E-state index in [1.54, 1.807) is 24.3 Å². The molecule has 0 saturated heterocycles. The number of aryl methyl sites for hydroxylation is 1. The van der Waals surface area contributed by atoms with Crippen LogP contribution >= 0.6 is 0 Å². The van der Waals surface area contributed by atoms with Gasteiger partial charge >= 0.3 is 0 Å². The van der Waals surface area contributed by atoms with Crippen molar-refractivity contribution in [2.45, 2.75) is 6.92 Å². The van der Waals surface area contributed by atoms with Crippen molar-refractivity contribution in [3.63, 3.8) is 0 Å². The van der Waals surface area contributed by atoms with Crippen molar-refractivity contribution in [1.82, 2.24) is 0 Å². The van der Waals surface area contributed by atoms with E-state index in [9.17, 15) is 18.0 Å². The second kappa shape index (κ2) is 8.68. The van der Waals surface area contributed by atoms with Gasteiger partial charge in [-0.2, -0.15) is 0 Å². The summed E-state index contributed by atoms with van der Waals surface area (Å²) in [5, 5.41) is 2.51. The summed E-state index contributed by atoms with van der Waals surface area (Å²) in [5.41, 5.74) is 1.62. The van der Waals surface area contributed by atoms with Crippen molar-refractivity contribution in [3.8, 4) is 11.5 Å². The quantitative estimate of drug-likeness (QED) is 0.693. The second-order valence-electron chi connectivity index (χ2n) is 5.94. The molecule has 0 aliphatic heterocycles. The van der Waals surface area contributed by atoms with Gasteiger partial charge in [0.05, 0.1) is 19.8 Å². The Hall–Kier alpha value is -2.87. The smallest absolute Gasteiger partial charge is 0.239 e. The molecule has 7 nitrogen and oxygen atoms in total. The molecule has 0 radical (unpaired) electrons. The number of hydrogen-bond donors (Lipinski definition) is 1. The predicted molar refractivity (Wildman–Crippen MR) is 102 cm³/mol. The topological polar surface area (TPSA) is 98.8 Å². The molecule has 2 aromatic rings. The van der Waals surface area contributed by atoms with Gasteiger partial charge in [0.25, 0.3) is 0 Å². The van der Waals surface area contributed by atoms with E-state index in [1.807, 2.05) is 6.92 Å². The lowest BCUT2D eigenvalue weighted by atomic mass is 10.1. The summed E-state index contributed by atoms with van der Waals surface area (Å²) >= 11 is 0. The number of Topliss-reactive ketones (excluding diaryl/α,β-unsaturated/α-hetero) is 1. The highest BCUT2D eigenvalue weighted by Crippen LogP contribution is 2.25. The van der Waals surface area contributed by atoms with Crippen molar-refractivity contribution >= 4 is 27.2 Å². The van der Waals surface area contributed by atoms with E-state index < -0.39 is 33.0 Å². The van der Waals surface area contributed by atoms with Gasteiger partial charge in [0.15, 0.2) is 15.6 Å². The van der Waals surface area contributed by atoms with Gasteiger partial charge in [-0.15, -0.1) is 0 Å². The zero-order valence-corrected chi connectivity index (χ0v) is 16.1. The number of carbonyl (C=O) groups excluding carboxylic acids is 2. The van der Waals surface area contributed by atoms with Crippen LogP contribution in [0.5, 0.6) is 11.5 Å². The maximum atomic E-state index is 12.4. The SMILES string of the molecule is COc1ccc(C(=O)CS(=O)(=O)CC(=O)Nc2ccc(C)cc2)c(OC)c1. The van der Waals surface area contributed by atoms with Crippen LogP contribution in [0.3, 0.4) is 0 Å². The Morgan fingerprint density at radius 3 is 2.22 bits per heavy atom. The molecule has 0 aliphatic carbocycles. The predicted octanol–water partition coefficient (Wildman–Crippen LogP) is 2.25. The number of ketones is 1. The van der Waals surface area contributed by atoms with Crippen LogP contribution in [0.25, 0.3) is 0 Å². The Morgan fingerprint density at radius 2 is 1.63 bits per heavy atom. The molecule has 1 N–H and O–H groups in total. The van der Waals surface area contributed by atoms with Crippen LogP contribution < -0.4 is 14.8 Å². The lowest BCUT2D eigenvalue weighted by Crippen LogP contribution is -2.27. The molecule has 2 aromatic carbocycles. The third-order valence-electron chi connectivity index (χ3n) is 3.75. The number of ether oxygens (including phenoxy) is 2. The number of nitrogens with one attached hydrogen (secondary N) is 1. The maximum Gasteiger partial charge on any atom is 0.239 e. The fraction of sp³-hybridized carbons (Fsp3) is 0.263. The molecule has 144 valence electrons.